The summed E-state index contributed by atoms with van der Waals surface area (Å²) in [4.78, 5) is 14.8. The van der Waals surface area contributed by atoms with E-state index in [1.807, 2.05) is 54.6 Å². The van der Waals surface area contributed by atoms with Gasteiger partial charge in [0.15, 0.2) is 0 Å². The number of carbonyl (C=O) groups is 1. The van der Waals surface area contributed by atoms with E-state index in [1.165, 1.54) is 5.56 Å². The van der Waals surface area contributed by atoms with Crippen LogP contribution in [0, 0.1) is 0 Å². The van der Waals surface area contributed by atoms with Crippen molar-refractivity contribution in [2.24, 2.45) is 0 Å². The average Bonchev–Trinajstić information content (AvgIpc) is 2.77. The van der Waals surface area contributed by atoms with Crippen molar-refractivity contribution in [3.8, 4) is 5.75 Å². The molecule has 0 aliphatic rings. The first kappa shape index (κ1) is 20.5. The van der Waals surface area contributed by atoms with E-state index >= 15 is 0 Å². The second-order valence-corrected chi connectivity index (χ2v) is 6.78. The Balaban J connectivity index is 1.52. The first-order valence-electron chi connectivity index (χ1n) is 10.1. The monoisotopic (exact) mass is 388 g/mol. The molecule has 0 bridgehead atoms. The Morgan fingerprint density at radius 1 is 0.862 bits per heavy atom. The van der Waals surface area contributed by atoms with Crippen LogP contribution in [-0.2, 0) is 6.42 Å². The van der Waals surface area contributed by atoms with Crippen LogP contribution in [0.25, 0.3) is 0 Å². The van der Waals surface area contributed by atoms with Crippen LogP contribution in [0.1, 0.15) is 29.8 Å². The van der Waals surface area contributed by atoms with Crippen LogP contribution in [0.15, 0.2) is 78.9 Å². The van der Waals surface area contributed by atoms with E-state index < -0.39 is 0 Å². The van der Waals surface area contributed by atoms with Gasteiger partial charge in [-0.3, -0.25) is 4.79 Å². The summed E-state index contributed by atoms with van der Waals surface area (Å²) in [6.07, 6.45) is 0.854. The predicted molar refractivity (Wildman–Crippen MR) is 120 cm³/mol. The SMILES string of the molecule is CCN(CC)c1ccc(NC(=O)c2ccc(OCCc3ccccc3)cc2)cc1. The summed E-state index contributed by atoms with van der Waals surface area (Å²) in [7, 11) is 0. The van der Waals surface area contributed by atoms with E-state index in [2.05, 4.69) is 36.2 Å². The maximum atomic E-state index is 12.5. The number of ether oxygens (including phenoxy) is 1. The zero-order valence-corrected chi connectivity index (χ0v) is 17.1. The molecule has 1 N–H and O–H groups in total. The second kappa shape index (κ2) is 10.3. The highest BCUT2D eigenvalue weighted by atomic mass is 16.5. The Morgan fingerprint density at radius 3 is 2.14 bits per heavy atom. The van der Waals surface area contributed by atoms with Gasteiger partial charge in [-0.05, 0) is 67.9 Å². The van der Waals surface area contributed by atoms with Crippen LogP contribution in [0.5, 0.6) is 5.75 Å². The summed E-state index contributed by atoms with van der Waals surface area (Å²) >= 11 is 0. The van der Waals surface area contributed by atoms with Gasteiger partial charge >= 0.3 is 0 Å². The molecule has 0 aromatic heterocycles. The van der Waals surface area contributed by atoms with Crippen LogP contribution < -0.4 is 15.0 Å². The lowest BCUT2D eigenvalue weighted by atomic mass is 10.1. The van der Waals surface area contributed by atoms with E-state index in [9.17, 15) is 4.79 Å². The van der Waals surface area contributed by atoms with Gasteiger partial charge in [-0.25, -0.2) is 0 Å². The molecule has 0 fully saturated rings. The van der Waals surface area contributed by atoms with Crippen LogP contribution in [-0.4, -0.2) is 25.6 Å². The number of carbonyl (C=O) groups excluding carboxylic acids is 1. The quantitative estimate of drug-likeness (QED) is 0.533. The summed E-state index contributed by atoms with van der Waals surface area (Å²) in [6.45, 7) is 6.79. The van der Waals surface area contributed by atoms with Crippen molar-refractivity contribution in [2.45, 2.75) is 20.3 Å². The average molecular weight is 389 g/mol. The van der Waals surface area contributed by atoms with E-state index in [1.54, 1.807) is 12.1 Å². The molecule has 0 heterocycles. The van der Waals surface area contributed by atoms with Crippen molar-refractivity contribution < 1.29 is 9.53 Å². The number of nitrogens with one attached hydrogen (secondary N) is 1. The second-order valence-electron chi connectivity index (χ2n) is 6.78. The Labute approximate surface area is 173 Å². The largest absolute Gasteiger partial charge is 0.493 e. The molecule has 0 unspecified atom stereocenters. The molecule has 0 aliphatic heterocycles. The fourth-order valence-corrected chi connectivity index (χ4v) is 3.18. The summed E-state index contributed by atoms with van der Waals surface area (Å²) in [5.41, 5.74) is 3.79. The number of benzene rings is 3. The van der Waals surface area contributed by atoms with Crippen molar-refractivity contribution in [1.29, 1.82) is 0 Å². The highest BCUT2D eigenvalue weighted by Crippen LogP contribution is 2.19. The minimum Gasteiger partial charge on any atom is -0.493 e. The molecule has 4 heteroatoms. The molecule has 1 amide bonds. The number of nitrogens with zero attached hydrogens (tertiary/aromatic N) is 1. The van der Waals surface area contributed by atoms with Crippen molar-refractivity contribution in [3.05, 3.63) is 90.0 Å². The van der Waals surface area contributed by atoms with Gasteiger partial charge in [0, 0.05) is 36.4 Å². The fourth-order valence-electron chi connectivity index (χ4n) is 3.18. The zero-order chi connectivity index (χ0) is 20.5. The highest BCUT2D eigenvalue weighted by Gasteiger charge is 2.07. The molecular formula is C25H28N2O2. The molecule has 0 saturated carbocycles. The van der Waals surface area contributed by atoms with E-state index in [0.717, 1.165) is 36.6 Å². The molecule has 0 radical (unpaired) electrons. The van der Waals surface area contributed by atoms with E-state index in [-0.39, 0.29) is 5.91 Å². The minimum absolute atomic E-state index is 0.128. The first-order chi connectivity index (χ1) is 14.2. The van der Waals surface area contributed by atoms with Crippen molar-refractivity contribution >= 4 is 17.3 Å². The number of hydrogen-bond acceptors (Lipinski definition) is 3. The van der Waals surface area contributed by atoms with Crippen LogP contribution in [0.4, 0.5) is 11.4 Å². The third-order valence-corrected chi connectivity index (χ3v) is 4.87. The minimum atomic E-state index is -0.128. The molecule has 0 atom stereocenters. The van der Waals surface area contributed by atoms with Gasteiger partial charge in [-0.2, -0.15) is 0 Å². The molecule has 29 heavy (non-hydrogen) atoms. The normalized spacial score (nSPS) is 10.4. The van der Waals surface area contributed by atoms with Crippen LogP contribution in [0.2, 0.25) is 0 Å². The molecule has 0 aliphatic carbocycles. The molecule has 3 aromatic rings. The predicted octanol–water partition coefficient (Wildman–Crippen LogP) is 5.41. The molecular weight excluding hydrogens is 360 g/mol. The number of amides is 1. The lowest BCUT2D eigenvalue weighted by molar-refractivity contribution is 0.102. The van der Waals surface area contributed by atoms with E-state index in [4.69, 9.17) is 4.74 Å². The Kier molecular flexibility index (Phi) is 7.28. The standard InChI is InChI=1S/C25H28N2O2/c1-3-27(4-2)23-14-12-22(13-15-23)26-25(28)21-10-16-24(17-11-21)29-19-18-20-8-6-5-7-9-20/h5-17H,3-4,18-19H2,1-2H3,(H,26,28). The molecule has 150 valence electrons. The molecule has 3 aromatic carbocycles. The number of anilines is 2. The summed E-state index contributed by atoms with van der Waals surface area (Å²) < 4.78 is 5.78. The maximum absolute atomic E-state index is 12.5. The topological polar surface area (TPSA) is 41.6 Å². The number of rotatable bonds is 9. The smallest absolute Gasteiger partial charge is 0.255 e. The lowest BCUT2D eigenvalue weighted by Gasteiger charge is -2.21. The van der Waals surface area contributed by atoms with Crippen molar-refractivity contribution in [2.75, 3.05) is 29.9 Å². The van der Waals surface area contributed by atoms with Gasteiger partial charge < -0.3 is 15.0 Å². The first-order valence-corrected chi connectivity index (χ1v) is 10.1. The van der Waals surface area contributed by atoms with Gasteiger partial charge in [-0.1, -0.05) is 30.3 Å². The third kappa shape index (κ3) is 5.85. The van der Waals surface area contributed by atoms with Crippen molar-refractivity contribution in [3.63, 3.8) is 0 Å². The van der Waals surface area contributed by atoms with Gasteiger partial charge in [0.25, 0.3) is 5.91 Å². The zero-order valence-electron chi connectivity index (χ0n) is 17.1. The van der Waals surface area contributed by atoms with Crippen LogP contribution >= 0.6 is 0 Å². The van der Waals surface area contributed by atoms with Gasteiger partial charge in [-0.15, -0.1) is 0 Å². The van der Waals surface area contributed by atoms with Crippen LogP contribution in [0.3, 0.4) is 0 Å². The van der Waals surface area contributed by atoms with E-state index in [0.29, 0.717) is 12.2 Å². The number of hydrogen-bond donors (Lipinski definition) is 1. The molecule has 3 rings (SSSR count). The fraction of sp³-hybridized carbons (Fsp3) is 0.240. The summed E-state index contributed by atoms with van der Waals surface area (Å²) in [5.74, 6) is 0.637. The highest BCUT2D eigenvalue weighted by molar-refractivity contribution is 6.04. The molecule has 0 saturated heterocycles. The molecule has 0 spiro atoms. The van der Waals surface area contributed by atoms with Gasteiger partial charge in [0.05, 0.1) is 6.61 Å². The Bertz CT molecular complexity index is 886. The summed E-state index contributed by atoms with van der Waals surface area (Å²) in [5, 5.41) is 2.95. The lowest BCUT2D eigenvalue weighted by Crippen LogP contribution is -2.21. The summed E-state index contributed by atoms with van der Waals surface area (Å²) in [6, 6.07) is 25.4. The molecule has 4 nitrogen and oxygen atoms in total. The Morgan fingerprint density at radius 2 is 1.52 bits per heavy atom. The van der Waals surface area contributed by atoms with Crippen molar-refractivity contribution in [1.82, 2.24) is 0 Å². The van der Waals surface area contributed by atoms with Gasteiger partial charge in [0.1, 0.15) is 5.75 Å². The Hall–Kier alpha value is -3.27. The third-order valence-electron chi connectivity index (χ3n) is 4.87. The maximum Gasteiger partial charge on any atom is 0.255 e. The van der Waals surface area contributed by atoms with Gasteiger partial charge in [0.2, 0.25) is 0 Å².